The topological polar surface area (TPSA) is 62.0 Å². The van der Waals surface area contributed by atoms with Gasteiger partial charge in [0.1, 0.15) is 11.9 Å². The van der Waals surface area contributed by atoms with Crippen LogP contribution >= 0.6 is 0 Å². The van der Waals surface area contributed by atoms with Crippen LogP contribution in [0.2, 0.25) is 0 Å². The molecule has 2 fully saturated rings. The van der Waals surface area contributed by atoms with Crippen molar-refractivity contribution in [1.29, 1.82) is 5.26 Å². The highest BCUT2D eigenvalue weighted by molar-refractivity contribution is 5.49. The molecule has 0 radical (unpaired) electrons. The fraction of sp³-hybridized carbons (Fsp3) is 0.389. The third kappa shape index (κ3) is 2.36. The van der Waals surface area contributed by atoms with Crippen molar-refractivity contribution in [2.24, 2.45) is 5.41 Å². The second kappa shape index (κ2) is 5.64. The standard InChI is InChI=1S/C18H18N4O/c19-10-15-11-20-12-16(21-15)22-13-18(6-8-23-9-7-18)17(22)14-4-2-1-3-5-14/h1-5,11-12,17H,6-9,13H2. The SMILES string of the molecule is N#Cc1cncc(N2CC3(CCOCC3)C2c2ccccc2)n1. The van der Waals surface area contributed by atoms with E-state index in [9.17, 15) is 0 Å². The molecule has 0 aliphatic carbocycles. The van der Waals surface area contributed by atoms with Crippen molar-refractivity contribution >= 4 is 5.82 Å². The molecule has 0 N–H and O–H groups in total. The Morgan fingerprint density at radius 3 is 2.70 bits per heavy atom. The molecule has 3 heterocycles. The summed E-state index contributed by atoms with van der Waals surface area (Å²) in [5.74, 6) is 0.787. The summed E-state index contributed by atoms with van der Waals surface area (Å²) in [6, 6.07) is 12.9. The molecule has 0 bridgehead atoms. The molecule has 0 saturated carbocycles. The first-order valence-corrected chi connectivity index (χ1v) is 7.94. The van der Waals surface area contributed by atoms with Crippen LogP contribution in [-0.4, -0.2) is 29.7 Å². The van der Waals surface area contributed by atoms with E-state index in [1.807, 2.05) is 6.07 Å². The van der Waals surface area contributed by atoms with Gasteiger partial charge in [0.25, 0.3) is 0 Å². The largest absolute Gasteiger partial charge is 0.381 e. The lowest BCUT2D eigenvalue weighted by atomic mass is 9.64. The van der Waals surface area contributed by atoms with E-state index in [4.69, 9.17) is 10.00 Å². The van der Waals surface area contributed by atoms with Gasteiger partial charge in [0.15, 0.2) is 5.69 Å². The van der Waals surface area contributed by atoms with Crippen molar-refractivity contribution in [2.75, 3.05) is 24.7 Å². The predicted molar refractivity (Wildman–Crippen MR) is 85.8 cm³/mol. The van der Waals surface area contributed by atoms with Gasteiger partial charge in [-0.05, 0) is 18.4 Å². The number of hydrogen-bond donors (Lipinski definition) is 0. The van der Waals surface area contributed by atoms with Crippen molar-refractivity contribution < 1.29 is 4.74 Å². The predicted octanol–water partition coefficient (Wildman–Crippen LogP) is 2.71. The second-order valence-corrected chi connectivity index (χ2v) is 6.29. The molecule has 1 aromatic carbocycles. The van der Waals surface area contributed by atoms with E-state index < -0.39 is 0 Å². The van der Waals surface area contributed by atoms with Crippen LogP contribution in [0, 0.1) is 16.7 Å². The normalized spacial score (nSPS) is 22.4. The highest BCUT2D eigenvalue weighted by Gasteiger charge is 2.54. The number of ether oxygens (including phenoxy) is 1. The number of nitriles is 1. The second-order valence-electron chi connectivity index (χ2n) is 6.29. The third-order valence-corrected chi connectivity index (χ3v) is 5.01. The zero-order valence-corrected chi connectivity index (χ0v) is 12.9. The molecule has 2 aliphatic rings. The van der Waals surface area contributed by atoms with Crippen LogP contribution in [0.15, 0.2) is 42.7 Å². The van der Waals surface area contributed by atoms with E-state index in [-0.39, 0.29) is 11.5 Å². The number of aromatic nitrogens is 2. The molecular weight excluding hydrogens is 288 g/mol. The van der Waals surface area contributed by atoms with Gasteiger partial charge in [-0.1, -0.05) is 30.3 Å². The fourth-order valence-electron chi connectivity index (χ4n) is 3.87. The van der Waals surface area contributed by atoms with E-state index in [2.05, 4.69) is 45.2 Å². The molecule has 1 unspecified atom stereocenters. The highest BCUT2D eigenvalue weighted by atomic mass is 16.5. The molecule has 1 aromatic heterocycles. The minimum atomic E-state index is 0.240. The molecule has 4 rings (SSSR count). The molecule has 2 saturated heterocycles. The average Bonchev–Trinajstić information content (AvgIpc) is 2.61. The first-order valence-electron chi connectivity index (χ1n) is 7.94. The molecular formula is C18H18N4O. The summed E-state index contributed by atoms with van der Waals surface area (Å²) in [4.78, 5) is 10.9. The lowest BCUT2D eigenvalue weighted by Crippen LogP contribution is -2.61. The molecule has 5 nitrogen and oxygen atoms in total. The minimum absolute atomic E-state index is 0.240. The fourth-order valence-corrected chi connectivity index (χ4v) is 3.87. The van der Waals surface area contributed by atoms with E-state index in [1.165, 1.54) is 11.8 Å². The van der Waals surface area contributed by atoms with Crippen molar-refractivity contribution in [3.63, 3.8) is 0 Å². The minimum Gasteiger partial charge on any atom is -0.381 e. The van der Waals surface area contributed by atoms with Gasteiger partial charge in [-0.25, -0.2) is 4.98 Å². The summed E-state index contributed by atoms with van der Waals surface area (Å²) in [7, 11) is 0. The van der Waals surface area contributed by atoms with Gasteiger partial charge in [0.2, 0.25) is 0 Å². The van der Waals surface area contributed by atoms with Gasteiger partial charge in [0, 0.05) is 25.2 Å². The van der Waals surface area contributed by atoms with Gasteiger partial charge in [-0.2, -0.15) is 5.26 Å². The molecule has 2 aliphatic heterocycles. The van der Waals surface area contributed by atoms with Gasteiger partial charge >= 0.3 is 0 Å². The monoisotopic (exact) mass is 306 g/mol. The highest BCUT2D eigenvalue weighted by Crippen LogP contribution is 2.55. The lowest BCUT2D eigenvalue weighted by molar-refractivity contribution is -0.0295. The van der Waals surface area contributed by atoms with Crippen LogP contribution in [0.25, 0.3) is 0 Å². The van der Waals surface area contributed by atoms with Crippen LogP contribution < -0.4 is 4.90 Å². The number of anilines is 1. The van der Waals surface area contributed by atoms with E-state index in [0.717, 1.165) is 38.4 Å². The summed E-state index contributed by atoms with van der Waals surface area (Å²) in [6.45, 7) is 2.58. The molecule has 1 spiro atoms. The maximum Gasteiger partial charge on any atom is 0.161 e. The van der Waals surface area contributed by atoms with Gasteiger partial charge in [0.05, 0.1) is 18.4 Å². The van der Waals surface area contributed by atoms with Crippen molar-refractivity contribution in [1.82, 2.24) is 9.97 Å². The van der Waals surface area contributed by atoms with Gasteiger partial charge in [-0.3, -0.25) is 4.98 Å². The van der Waals surface area contributed by atoms with Crippen molar-refractivity contribution in [3.05, 3.63) is 54.0 Å². The number of benzene rings is 1. The summed E-state index contributed by atoms with van der Waals surface area (Å²) in [5.41, 5.74) is 1.90. The molecule has 5 heteroatoms. The zero-order valence-electron chi connectivity index (χ0n) is 12.9. The maximum atomic E-state index is 9.07. The maximum absolute atomic E-state index is 9.07. The molecule has 0 amide bonds. The Labute approximate surface area is 135 Å². The Bertz CT molecular complexity index is 734. The summed E-state index contributed by atoms with van der Waals surface area (Å²) in [6.07, 6.45) is 5.39. The third-order valence-electron chi connectivity index (χ3n) is 5.01. The van der Waals surface area contributed by atoms with Crippen LogP contribution in [0.4, 0.5) is 5.82 Å². The van der Waals surface area contributed by atoms with Crippen LogP contribution in [0.3, 0.4) is 0 Å². The smallest absolute Gasteiger partial charge is 0.161 e. The van der Waals surface area contributed by atoms with Crippen LogP contribution in [0.1, 0.15) is 30.1 Å². The van der Waals surface area contributed by atoms with E-state index in [1.54, 1.807) is 6.20 Å². The van der Waals surface area contributed by atoms with Crippen LogP contribution in [0.5, 0.6) is 0 Å². The van der Waals surface area contributed by atoms with Gasteiger partial charge < -0.3 is 9.64 Å². The lowest BCUT2D eigenvalue weighted by Gasteiger charge is -2.59. The Morgan fingerprint density at radius 2 is 1.96 bits per heavy atom. The van der Waals surface area contributed by atoms with E-state index >= 15 is 0 Å². The number of rotatable bonds is 2. The summed E-state index contributed by atoms with van der Waals surface area (Å²) in [5, 5.41) is 9.07. The van der Waals surface area contributed by atoms with Crippen molar-refractivity contribution in [3.8, 4) is 6.07 Å². The van der Waals surface area contributed by atoms with Gasteiger partial charge in [-0.15, -0.1) is 0 Å². The Hall–Kier alpha value is -2.45. The zero-order chi connectivity index (χ0) is 15.7. The Kier molecular flexibility index (Phi) is 3.47. The first kappa shape index (κ1) is 14.2. The van der Waals surface area contributed by atoms with Crippen LogP contribution in [-0.2, 0) is 4.74 Å². The Morgan fingerprint density at radius 1 is 1.17 bits per heavy atom. The molecule has 2 aromatic rings. The number of nitrogens with zero attached hydrogens (tertiary/aromatic N) is 4. The Balaban J connectivity index is 1.71. The summed E-state index contributed by atoms with van der Waals surface area (Å²) < 4.78 is 5.57. The molecule has 23 heavy (non-hydrogen) atoms. The number of hydrogen-bond acceptors (Lipinski definition) is 5. The van der Waals surface area contributed by atoms with E-state index in [0.29, 0.717) is 5.69 Å². The first-order chi connectivity index (χ1) is 11.3. The summed E-state index contributed by atoms with van der Waals surface area (Å²) >= 11 is 0. The quantitative estimate of drug-likeness (QED) is 0.853. The average molecular weight is 306 g/mol. The molecule has 116 valence electrons. The van der Waals surface area contributed by atoms with Crippen molar-refractivity contribution in [2.45, 2.75) is 18.9 Å². The molecule has 1 atom stereocenters.